The third-order valence-corrected chi connectivity index (χ3v) is 8.56. The lowest BCUT2D eigenvalue weighted by Crippen LogP contribution is -2.35. The second-order valence-corrected chi connectivity index (χ2v) is 11.6. The Morgan fingerprint density at radius 2 is 1.91 bits per heavy atom. The van der Waals surface area contributed by atoms with Crippen LogP contribution in [-0.4, -0.2) is 50.4 Å². The second kappa shape index (κ2) is 11.9. The first kappa shape index (κ1) is 27.8. The smallest absolute Gasteiger partial charge is 0.280 e. The van der Waals surface area contributed by atoms with Crippen molar-refractivity contribution in [3.63, 3.8) is 0 Å². The van der Waals surface area contributed by atoms with Crippen molar-refractivity contribution >= 4 is 22.6 Å². The number of nitrogens with one attached hydrogen (secondary N) is 1. The zero-order valence-electron chi connectivity index (χ0n) is 23.5. The van der Waals surface area contributed by atoms with Crippen LogP contribution in [0.15, 0.2) is 70.0 Å². The lowest BCUT2D eigenvalue weighted by Gasteiger charge is -2.32. The van der Waals surface area contributed by atoms with Crippen LogP contribution in [0.25, 0.3) is 22.4 Å². The topological polar surface area (TPSA) is 98.4 Å². The summed E-state index contributed by atoms with van der Waals surface area (Å²) < 4.78 is 33.4. The molecular formula is C32H31ClFN5O4. The predicted molar refractivity (Wildman–Crippen MR) is 160 cm³/mol. The van der Waals surface area contributed by atoms with Gasteiger partial charge in [-0.15, -0.1) is 0 Å². The number of rotatable bonds is 9. The number of piperidine rings is 1. The predicted octanol–water partition coefficient (Wildman–Crippen LogP) is 5.92. The standard InChI is InChI=1S/C32H31ClFN5O4/c33-23-6-4-22(25(34)15-23)19-42-32-3-1-2-26(36-32)20-8-11-38(12-9-20)18-30-35-27-7-5-21(29-16-31(40)37-43-29)14-28(27)39(30)17-24-10-13-41-24/h1-7,14-16,20,24H,8-13,17-19H2,(H,37,40)/t24-/m0/s1. The van der Waals surface area contributed by atoms with Gasteiger partial charge in [-0.3, -0.25) is 9.69 Å². The van der Waals surface area contributed by atoms with Crippen molar-refractivity contribution in [2.75, 3.05) is 19.7 Å². The van der Waals surface area contributed by atoms with E-state index < -0.39 is 0 Å². The van der Waals surface area contributed by atoms with Gasteiger partial charge in [-0.2, -0.15) is 5.16 Å². The fourth-order valence-corrected chi connectivity index (χ4v) is 5.98. The lowest BCUT2D eigenvalue weighted by atomic mass is 9.93. The molecule has 2 aliphatic rings. The minimum atomic E-state index is -0.390. The summed E-state index contributed by atoms with van der Waals surface area (Å²) in [6.07, 6.45) is 3.13. The van der Waals surface area contributed by atoms with E-state index in [0.717, 1.165) is 80.2 Å². The number of benzene rings is 2. The Morgan fingerprint density at radius 3 is 2.65 bits per heavy atom. The molecule has 0 amide bonds. The van der Waals surface area contributed by atoms with Gasteiger partial charge in [0.1, 0.15) is 18.2 Å². The van der Waals surface area contributed by atoms with Crippen LogP contribution in [0.5, 0.6) is 5.88 Å². The number of nitrogens with zero attached hydrogens (tertiary/aromatic N) is 4. The number of ether oxygens (including phenoxy) is 2. The van der Waals surface area contributed by atoms with Crippen LogP contribution in [0.3, 0.4) is 0 Å². The molecule has 0 radical (unpaired) electrons. The van der Waals surface area contributed by atoms with Crippen molar-refractivity contribution in [3.05, 3.63) is 98.9 Å². The van der Waals surface area contributed by atoms with Gasteiger partial charge in [-0.1, -0.05) is 23.7 Å². The molecule has 1 N–H and O–H groups in total. The molecule has 7 rings (SSSR count). The first-order valence-corrected chi connectivity index (χ1v) is 14.9. The average molecular weight is 604 g/mol. The first-order valence-electron chi connectivity index (χ1n) is 14.5. The van der Waals surface area contributed by atoms with Crippen LogP contribution in [0.2, 0.25) is 5.02 Å². The van der Waals surface area contributed by atoms with Crippen molar-refractivity contribution in [2.45, 2.75) is 51.0 Å². The van der Waals surface area contributed by atoms with Crippen LogP contribution in [0, 0.1) is 5.82 Å². The van der Waals surface area contributed by atoms with Gasteiger partial charge in [0, 0.05) is 40.4 Å². The largest absolute Gasteiger partial charge is 0.473 e. The molecule has 2 aliphatic heterocycles. The molecule has 222 valence electrons. The fraction of sp³-hybridized carbons (Fsp3) is 0.344. The molecule has 9 nitrogen and oxygen atoms in total. The van der Waals surface area contributed by atoms with E-state index in [1.807, 2.05) is 30.3 Å². The summed E-state index contributed by atoms with van der Waals surface area (Å²) >= 11 is 5.86. The normalized spacial score (nSPS) is 17.8. The Hall–Kier alpha value is -3.99. The van der Waals surface area contributed by atoms with Gasteiger partial charge in [-0.05, 0) is 68.8 Å². The van der Waals surface area contributed by atoms with Crippen molar-refractivity contribution in [3.8, 4) is 17.2 Å². The summed E-state index contributed by atoms with van der Waals surface area (Å²) in [5.74, 6) is 1.91. The Kier molecular flexibility index (Phi) is 7.73. The third kappa shape index (κ3) is 6.08. The highest BCUT2D eigenvalue weighted by Crippen LogP contribution is 2.31. The van der Waals surface area contributed by atoms with Crippen LogP contribution in [-0.2, 0) is 24.4 Å². The average Bonchev–Trinajstić information content (AvgIpc) is 3.57. The van der Waals surface area contributed by atoms with E-state index in [1.54, 1.807) is 18.2 Å². The van der Waals surface area contributed by atoms with Gasteiger partial charge in [0.25, 0.3) is 5.56 Å². The Morgan fingerprint density at radius 1 is 1.05 bits per heavy atom. The van der Waals surface area contributed by atoms with E-state index in [2.05, 4.69) is 14.6 Å². The maximum Gasteiger partial charge on any atom is 0.280 e. The number of hydrogen-bond acceptors (Lipinski definition) is 7. The maximum atomic E-state index is 14.2. The molecule has 1 atom stereocenters. The second-order valence-electron chi connectivity index (χ2n) is 11.2. The quantitative estimate of drug-likeness (QED) is 0.223. The summed E-state index contributed by atoms with van der Waals surface area (Å²) in [6, 6.07) is 17.8. The highest BCUT2D eigenvalue weighted by molar-refractivity contribution is 6.30. The number of H-pyrrole nitrogens is 1. The molecule has 11 heteroatoms. The third-order valence-electron chi connectivity index (χ3n) is 8.32. The summed E-state index contributed by atoms with van der Waals surface area (Å²) in [7, 11) is 0. The summed E-state index contributed by atoms with van der Waals surface area (Å²) in [5, 5.41) is 2.72. The zero-order chi connectivity index (χ0) is 29.3. The first-order chi connectivity index (χ1) is 21.0. The zero-order valence-corrected chi connectivity index (χ0v) is 24.2. The Balaban J connectivity index is 1.03. The summed E-state index contributed by atoms with van der Waals surface area (Å²) in [5.41, 5.74) is 3.90. The molecule has 2 fully saturated rings. The van der Waals surface area contributed by atoms with E-state index in [9.17, 15) is 9.18 Å². The number of aromatic amines is 1. The SMILES string of the molecule is O=c1cc(-c2ccc3nc(CN4CCC(c5cccc(OCc6ccc(Cl)cc6F)n5)CC4)n(C[C@@H]4CCO4)c3c2)o[nH]1. The van der Waals surface area contributed by atoms with Gasteiger partial charge < -0.3 is 18.6 Å². The minimum Gasteiger partial charge on any atom is -0.473 e. The van der Waals surface area contributed by atoms with Crippen LogP contribution in [0.4, 0.5) is 4.39 Å². The molecule has 0 spiro atoms. The number of aromatic nitrogens is 4. The molecular weight excluding hydrogens is 573 g/mol. The van der Waals surface area contributed by atoms with Gasteiger partial charge >= 0.3 is 0 Å². The molecule has 3 aromatic heterocycles. The molecule has 0 saturated carbocycles. The van der Waals surface area contributed by atoms with Gasteiger partial charge in [0.15, 0.2) is 5.76 Å². The highest BCUT2D eigenvalue weighted by Gasteiger charge is 2.26. The van der Waals surface area contributed by atoms with Crippen LogP contribution >= 0.6 is 11.6 Å². The monoisotopic (exact) mass is 603 g/mol. The number of halogens is 2. The Labute approximate surface area is 252 Å². The van der Waals surface area contributed by atoms with E-state index in [-0.39, 0.29) is 24.1 Å². The summed E-state index contributed by atoms with van der Waals surface area (Å²) in [4.78, 5) is 23.8. The number of imidazole rings is 1. The molecule has 0 unspecified atom stereocenters. The molecule has 0 bridgehead atoms. The number of likely N-dealkylation sites (tertiary alicyclic amines) is 1. The molecule has 5 heterocycles. The van der Waals surface area contributed by atoms with Crippen molar-refractivity contribution in [1.82, 2.24) is 24.6 Å². The van der Waals surface area contributed by atoms with Crippen molar-refractivity contribution in [2.24, 2.45) is 0 Å². The lowest BCUT2D eigenvalue weighted by molar-refractivity contribution is -0.0592. The number of pyridine rings is 1. The fourth-order valence-electron chi connectivity index (χ4n) is 5.82. The van der Waals surface area contributed by atoms with Crippen molar-refractivity contribution < 1.29 is 18.4 Å². The summed E-state index contributed by atoms with van der Waals surface area (Å²) in [6.45, 7) is 4.17. The van der Waals surface area contributed by atoms with E-state index in [4.69, 9.17) is 35.6 Å². The number of fused-ring (bicyclic) bond motifs is 1. The molecule has 5 aromatic rings. The minimum absolute atomic E-state index is 0.0892. The van der Waals surface area contributed by atoms with E-state index >= 15 is 0 Å². The highest BCUT2D eigenvalue weighted by atomic mass is 35.5. The van der Waals surface area contributed by atoms with Crippen molar-refractivity contribution in [1.29, 1.82) is 0 Å². The molecule has 43 heavy (non-hydrogen) atoms. The molecule has 0 aliphatic carbocycles. The van der Waals surface area contributed by atoms with Crippen LogP contribution in [0.1, 0.15) is 42.3 Å². The van der Waals surface area contributed by atoms with Gasteiger partial charge in [-0.25, -0.2) is 14.4 Å². The van der Waals surface area contributed by atoms with E-state index in [1.165, 1.54) is 12.1 Å². The van der Waals surface area contributed by atoms with Gasteiger partial charge in [0.05, 0.1) is 36.3 Å². The molecule has 2 aromatic carbocycles. The van der Waals surface area contributed by atoms with Gasteiger partial charge in [0.2, 0.25) is 5.88 Å². The van der Waals surface area contributed by atoms with Crippen LogP contribution < -0.4 is 10.3 Å². The molecule has 2 saturated heterocycles. The van der Waals surface area contributed by atoms with E-state index in [0.29, 0.717) is 28.1 Å². The number of hydrogen-bond donors (Lipinski definition) is 1. The maximum absolute atomic E-state index is 14.2. The Bertz CT molecular complexity index is 1810.